The maximum absolute atomic E-state index is 13.4. The Morgan fingerprint density at radius 1 is 1.19 bits per heavy atom. The van der Waals surface area contributed by atoms with Gasteiger partial charge in [0.25, 0.3) is 27.3 Å². The number of carbonyl (C=O) groups is 3. The van der Waals surface area contributed by atoms with Crippen molar-refractivity contribution >= 4 is 67.6 Å². The van der Waals surface area contributed by atoms with Crippen molar-refractivity contribution in [1.29, 1.82) is 0 Å². The van der Waals surface area contributed by atoms with Gasteiger partial charge in [0.2, 0.25) is 0 Å². The standard InChI is InChI=1S/C21H15ClF3N5O5S2/c22-14-3-2-12(15(7-14)21(23,24)25)9-30-16-4-1-11(5-13(16)8-27-30)6-17-19(32)29(20(33)36-17)10-18(31)28-37(26,34)35/h1-8H,9-10H2,(H,28,31)(H2,26,34,35)/b17-6+. The van der Waals surface area contributed by atoms with Gasteiger partial charge in [0.05, 0.1) is 28.7 Å². The first-order chi connectivity index (χ1) is 17.2. The van der Waals surface area contributed by atoms with Crippen molar-refractivity contribution in [3.63, 3.8) is 0 Å². The molecule has 4 rings (SSSR count). The number of rotatable bonds is 6. The molecular weight excluding hydrogens is 559 g/mol. The first-order valence-electron chi connectivity index (χ1n) is 10.1. The molecule has 0 saturated carbocycles. The van der Waals surface area contributed by atoms with Gasteiger partial charge in [-0.2, -0.15) is 26.7 Å². The zero-order valence-electron chi connectivity index (χ0n) is 18.3. The van der Waals surface area contributed by atoms with Crippen LogP contribution in [0.15, 0.2) is 47.5 Å². The number of carbonyl (C=O) groups excluding carboxylic acids is 3. The summed E-state index contributed by atoms with van der Waals surface area (Å²) < 4.78 is 65.1. The average Bonchev–Trinajstić information content (AvgIpc) is 3.28. The van der Waals surface area contributed by atoms with E-state index in [4.69, 9.17) is 16.7 Å². The van der Waals surface area contributed by atoms with Crippen LogP contribution in [0.5, 0.6) is 0 Å². The number of hydrogen-bond acceptors (Lipinski definition) is 7. The number of fused-ring (bicyclic) bond motifs is 1. The molecule has 10 nitrogen and oxygen atoms in total. The van der Waals surface area contributed by atoms with Crippen molar-refractivity contribution in [3.05, 3.63) is 69.2 Å². The Hall–Kier alpha value is -3.40. The van der Waals surface area contributed by atoms with E-state index in [0.29, 0.717) is 33.1 Å². The minimum atomic E-state index is -4.60. The molecule has 3 N–H and O–H groups in total. The van der Waals surface area contributed by atoms with Gasteiger partial charge in [-0.3, -0.25) is 24.0 Å². The summed E-state index contributed by atoms with van der Waals surface area (Å²) in [6.45, 7) is -1.01. The number of benzene rings is 2. The van der Waals surface area contributed by atoms with E-state index in [1.807, 2.05) is 0 Å². The lowest BCUT2D eigenvalue weighted by Crippen LogP contribution is -2.44. The predicted molar refractivity (Wildman–Crippen MR) is 129 cm³/mol. The van der Waals surface area contributed by atoms with E-state index in [2.05, 4.69) is 5.10 Å². The molecule has 1 aromatic heterocycles. The summed E-state index contributed by atoms with van der Waals surface area (Å²) in [6.07, 6.45) is -1.77. The van der Waals surface area contributed by atoms with E-state index in [9.17, 15) is 36.0 Å². The van der Waals surface area contributed by atoms with Gasteiger partial charge in [0.15, 0.2) is 0 Å². The number of thioether (sulfide) groups is 1. The highest BCUT2D eigenvalue weighted by Crippen LogP contribution is 2.35. The third-order valence-corrected chi connectivity index (χ3v) is 6.75. The molecule has 0 spiro atoms. The van der Waals surface area contributed by atoms with Gasteiger partial charge in [0, 0.05) is 10.4 Å². The Morgan fingerprint density at radius 2 is 1.92 bits per heavy atom. The summed E-state index contributed by atoms with van der Waals surface area (Å²) in [7, 11) is -4.35. The molecule has 16 heteroatoms. The van der Waals surface area contributed by atoms with Crippen molar-refractivity contribution in [2.75, 3.05) is 6.54 Å². The van der Waals surface area contributed by atoms with Gasteiger partial charge in [-0.05, 0) is 53.2 Å². The molecule has 0 atom stereocenters. The van der Waals surface area contributed by atoms with Crippen molar-refractivity contribution in [3.8, 4) is 0 Å². The van der Waals surface area contributed by atoms with E-state index in [-0.39, 0.29) is 22.0 Å². The molecule has 1 aliphatic rings. The van der Waals surface area contributed by atoms with Crippen molar-refractivity contribution in [2.24, 2.45) is 5.14 Å². The molecule has 0 bridgehead atoms. The molecular formula is C21H15ClF3N5O5S2. The third kappa shape index (κ3) is 6.12. The van der Waals surface area contributed by atoms with Crippen molar-refractivity contribution in [1.82, 2.24) is 19.4 Å². The molecule has 2 aromatic carbocycles. The monoisotopic (exact) mass is 573 g/mol. The summed E-state index contributed by atoms with van der Waals surface area (Å²) in [5.41, 5.74) is 0.113. The second kappa shape index (κ2) is 9.81. The molecule has 0 aliphatic carbocycles. The highest BCUT2D eigenvalue weighted by Gasteiger charge is 2.37. The van der Waals surface area contributed by atoms with Crippen LogP contribution in [0.2, 0.25) is 5.02 Å². The summed E-state index contributed by atoms with van der Waals surface area (Å²) in [6, 6.07) is 8.29. The number of hydrogen-bond donors (Lipinski definition) is 2. The third-order valence-electron chi connectivity index (χ3n) is 5.09. The van der Waals surface area contributed by atoms with Gasteiger partial charge in [-0.1, -0.05) is 23.7 Å². The number of nitrogens with two attached hydrogens (primary N) is 1. The average molecular weight is 574 g/mol. The summed E-state index contributed by atoms with van der Waals surface area (Å²) >= 11 is 6.29. The van der Waals surface area contributed by atoms with Crippen LogP contribution in [0, 0.1) is 0 Å². The molecule has 0 radical (unpaired) electrons. The molecule has 1 saturated heterocycles. The number of nitrogens with zero attached hydrogens (tertiary/aromatic N) is 3. The number of amides is 3. The molecule has 0 unspecified atom stereocenters. The number of halogens is 4. The van der Waals surface area contributed by atoms with Crippen LogP contribution in [0.3, 0.4) is 0 Å². The minimum Gasteiger partial charge on any atom is -0.272 e. The Morgan fingerprint density at radius 3 is 2.59 bits per heavy atom. The lowest BCUT2D eigenvalue weighted by atomic mass is 10.1. The zero-order valence-corrected chi connectivity index (χ0v) is 20.7. The lowest BCUT2D eigenvalue weighted by Gasteiger charge is -2.14. The van der Waals surface area contributed by atoms with E-state index < -0.39 is 45.5 Å². The van der Waals surface area contributed by atoms with E-state index in [1.165, 1.54) is 33.8 Å². The van der Waals surface area contributed by atoms with Crippen LogP contribution < -0.4 is 9.86 Å². The first kappa shape index (κ1) is 26.7. The van der Waals surface area contributed by atoms with Crippen LogP contribution in [-0.4, -0.2) is 46.7 Å². The Balaban J connectivity index is 1.56. The van der Waals surface area contributed by atoms with Crippen LogP contribution >= 0.6 is 23.4 Å². The fourth-order valence-corrected chi connectivity index (χ4v) is 4.95. The van der Waals surface area contributed by atoms with Gasteiger partial charge in [-0.15, -0.1) is 0 Å². The lowest BCUT2D eigenvalue weighted by molar-refractivity contribution is -0.138. The van der Waals surface area contributed by atoms with Crippen molar-refractivity contribution in [2.45, 2.75) is 12.7 Å². The fourth-order valence-electron chi connectivity index (χ4n) is 3.56. The quantitative estimate of drug-likeness (QED) is 0.431. The van der Waals surface area contributed by atoms with E-state index >= 15 is 0 Å². The molecule has 3 aromatic rings. The number of alkyl halides is 3. The molecule has 37 heavy (non-hydrogen) atoms. The molecule has 2 heterocycles. The summed E-state index contributed by atoms with van der Waals surface area (Å²) in [4.78, 5) is 37.0. The maximum Gasteiger partial charge on any atom is 0.416 e. The second-order valence-electron chi connectivity index (χ2n) is 7.76. The number of aromatic nitrogens is 2. The maximum atomic E-state index is 13.4. The number of imide groups is 1. The van der Waals surface area contributed by atoms with Gasteiger partial charge >= 0.3 is 6.18 Å². The molecule has 3 amide bonds. The predicted octanol–water partition coefficient (Wildman–Crippen LogP) is 3.11. The topological polar surface area (TPSA) is 144 Å². The molecule has 194 valence electrons. The van der Waals surface area contributed by atoms with E-state index in [1.54, 1.807) is 18.2 Å². The first-order valence-corrected chi connectivity index (χ1v) is 12.9. The Bertz CT molecular complexity index is 1590. The van der Waals surface area contributed by atoms with Crippen LogP contribution in [0.4, 0.5) is 18.0 Å². The van der Waals surface area contributed by atoms with Crippen molar-refractivity contribution < 1.29 is 36.0 Å². The van der Waals surface area contributed by atoms with Gasteiger partial charge in [0.1, 0.15) is 6.54 Å². The van der Waals surface area contributed by atoms with Gasteiger partial charge in [-0.25, -0.2) is 9.86 Å². The van der Waals surface area contributed by atoms with Crippen LogP contribution in [0.25, 0.3) is 17.0 Å². The Kier molecular flexibility index (Phi) is 7.07. The second-order valence-corrected chi connectivity index (χ2v) is 10.5. The highest BCUT2D eigenvalue weighted by molar-refractivity contribution is 8.18. The SMILES string of the molecule is NS(=O)(=O)NC(=O)CN1C(=O)S/C(=C/c2ccc3c(cnn3Cc3ccc(Cl)cc3C(F)(F)F)c2)C1=O. The summed E-state index contributed by atoms with van der Waals surface area (Å²) in [5.74, 6) is -1.97. The largest absolute Gasteiger partial charge is 0.416 e. The molecule has 1 aliphatic heterocycles. The summed E-state index contributed by atoms with van der Waals surface area (Å²) in [5, 5.41) is 8.61. The van der Waals surface area contributed by atoms with Crippen LogP contribution in [0.1, 0.15) is 16.7 Å². The fraction of sp³-hybridized carbons (Fsp3) is 0.143. The normalized spacial score (nSPS) is 15.7. The Labute approximate surface area is 216 Å². The number of nitrogens with one attached hydrogen (secondary N) is 1. The van der Waals surface area contributed by atoms with Crippen LogP contribution in [-0.2, 0) is 32.5 Å². The van der Waals surface area contributed by atoms with Gasteiger partial charge < -0.3 is 0 Å². The zero-order chi connectivity index (χ0) is 27.1. The molecule has 1 fully saturated rings. The van der Waals surface area contributed by atoms with E-state index in [0.717, 1.165) is 6.07 Å². The smallest absolute Gasteiger partial charge is 0.272 e. The highest BCUT2D eigenvalue weighted by atomic mass is 35.5. The minimum absolute atomic E-state index is 0.0175.